The van der Waals surface area contributed by atoms with Gasteiger partial charge in [0.2, 0.25) is 0 Å². The van der Waals surface area contributed by atoms with E-state index in [1.54, 1.807) is 0 Å². The third-order valence-electron chi connectivity index (χ3n) is 3.13. The fourth-order valence-electron chi connectivity index (χ4n) is 1.91. The molecule has 0 atom stereocenters. The lowest BCUT2D eigenvalue weighted by Gasteiger charge is -2.32. The quantitative estimate of drug-likeness (QED) is 0.820. The number of likely N-dealkylation sites (N-methyl/N-ethyl adjacent to an activating group) is 1. The molecule has 0 bridgehead atoms. The van der Waals surface area contributed by atoms with Crippen molar-refractivity contribution in [3.63, 3.8) is 0 Å². The minimum Gasteiger partial charge on any atom is -0.367 e. The molecule has 1 aliphatic heterocycles. The van der Waals surface area contributed by atoms with E-state index in [0.717, 1.165) is 37.7 Å². The monoisotopic (exact) mass is 235 g/mol. The predicted molar refractivity (Wildman–Crippen MR) is 69.2 cm³/mol. The molecular weight excluding hydrogens is 214 g/mol. The third-order valence-corrected chi connectivity index (χ3v) is 3.13. The van der Waals surface area contributed by atoms with Crippen molar-refractivity contribution < 1.29 is 0 Å². The smallest absolute Gasteiger partial charge is 0.148 e. The highest BCUT2D eigenvalue weighted by Gasteiger charge is 2.12. The van der Waals surface area contributed by atoms with Gasteiger partial charge in [-0.1, -0.05) is 0 Å². The maximum atomic E-state index is 4.09. The van der Waals surface area contributed by atoms with Crippen LogP contribution in [0.25, 0.3) is 0 Å². The Hall–Kier alpha value is -1.20. The van der Waals surface area contributed by atoms with Crippen molar-refractivity contribution in [2.75, 3.05) is 51.6 Å². The van der Waals surface area contributed by atoms with Crippen LogP contribution in [0.15, 0.2) is 12.1 Å². The summed E-state index contributed by atoms with van der Waals surface area (Å²) < 4.78 is 0. The number of rotatable bonds is 4. The summed E-state index contributed by atoms with van der Waals surface area (Å²) in [5.41, 5.74) is 0.953. The van der Waals surface area contributed by atoms with Gasteiger partial charge in [0.25, 0.3) is 0 Å². The van der Waals surface area contributed by atoms with Gasteiger partial charge in [-0.15, -0.1) is 5.10 Å². The Labute approximate surface area is 103 Å². The van der Waals surface area contributed by atoms with Crippen molar-refractivity contribution in [2.45, 2.75) is 6.92 Å². The summed E-state index contributed by atoms with van der Waals surface area (Å²) in [6.45, 7) is 8.62. The number of nitrogens with one attached hydrogen (secondary N) is 1. The van der Waals surface area contributed by atoms with Crippen molar-refractivity contribution in [1.82, 2.24) is 20.0 Å². The van der Waals surface area contributed by atoms with Crippen molar-refractivity contribution in [1.29, 1.82) is 0 Å². The summed E-state index contributed by atoms with van der Waals surface area (Å²) in [5, 5.41) is 11.4. The summed E-state index contributed by atoms with van der Waals surface area (Å²) in [5.74, 6) is 0.865. The lowest BCUT2D eigenvalue weighted by molar-refractivity contribution is 0.158. The van der Waals surface area contributed by atoms with E-state index in [9.17, 15) is 0 Å². The molecule has 0 unspecified atom stereocenters. The molecule has 94 valence electrons. The van der Waals surface area contributed by atoms with Crippen molar-refractivity contribution in [3.8, 4) is 0 Å². The SMILES string of the molecule is Cc1ccc(NCCN2CCN(C)CC2)nn1. The first-order valence-corrected chi connectivity index (χ1v) is 6.19. The van der Waals surface area contributed by atoms with Gasteiger partial charge in [0.05, 0.1) is 5.69 Å². The van der Waals surface area contributed by atoms with E-state index in [1.165, 1.54) is 13.1 Å². The van der Waals surface area contributed by atoms with Crippen LogP contribution in [0.5, 0.6) is 0 Å². The molecule has 0 spiro atoms. The Bertz CT molecular complexity index is 329. The molecule has 0 aliphatic carbocycles. The van der Waals surface area contributed by atoms with Gasteiger partial charge in [-0.2, -0.15) is 5.10 Å². The van der Waals surface area contributed by atoms with Crippen LogP contribution in [0, 0.1) is 6.92 Å². The van der Waals surface area contributed by atoms with Gasteiger partial charge in [-0.25, -0.2) is 0 Å². The van der Waals surface area contributed by atoms with Gasteiger partial charge in [-0.05, 0) is 26.1 Å². The van der Waals surface area contributed by atoms with E-state index in [2.05, 4.69) is 32.4 Å². The van der Waals surface area contributed by atoms with Crippen LogP contribution in [-0.2, 0) is 0 Å². The highest BCUT2D eigenvalue weighted by Crippen LogP contribution is 2.02. The summed E-state index contributed by atoms with van der Waals surface area (Å²) in [7, 11) is 2.18. The standard InChI is InChI=1S/C12H21N5/c1-11-3-4-12(15-14-11)13-5-6-17-9-7-16(2)8-10-17/h3-4H,5-10H2,1-2H3,(H,13,15). The molecule has 1 fully saturated rings. The Morgan fingerprint density at radius 3 is 2.59 bits per heavy atom. The normalized spacial score (nSPS) is 18.2. The van der Waals surface area contributed by atoms with Crippen molar-refractivity contribution in [3.05, 3.63) is 17.8 Å². The molecule has 5 heteroatoms. The zero-order valence-electron chi connectivity index (χ0n) is 10.7. The zero-order chi connectivity index (χ0) is 12.1. The minimum atomic E-state index is 0.865. The second-order valence-electron chi connectivity index (χ2n) is 4.63. The molecule has 1 aromatic rings. The van der Waals surface area contributed by atoms with Crippen LogP contribution in [-0.4, -0.2) is 66.3 Å². The molecule has 0 aromatic carbocycles. The summed E-state index contributed by atoms with van der Waals surface area (Å²) >= 11 is 0. The number of aromatic nitrogens is 2. The molecule has 2 rings (SSSR count). The number of anilines is 1. The van der Waals surface area contributed by atoms with Gasteiger partial charge in [-0.3, -0.25) is 4.90 Å². The Morgan fingerprint density at radius 1 is 1.18 bits per heavy atom. The zero-order valence-corrected chi connectivity index (χ0v) is 10.7. The highest BCUT2D eigenvalue weighted by molar-refractivity contribution is 5.32. The molecule has 5 nitrogen and oxygen atoms in total. The van der Waals surface area contributed by atoms with Crippen molar-refractivity contribution in [2.24, 2.45) is 0 Å². The van der Waals surface area contributed by atoms with Crippen molar-refractivity contribution >= 4 is 5.82 Å². The highest BCUT2D eigenvalue weighted by atomic mass is 15.3. The Balaban J connectivity index is 1.67. The van der Waals surface area contributed by atoms with Crippen LogP contribution >= 0.6 is 0 Å². The molecule has 0 radical (unpaired) electrons. The van der Waals surface area contributed by atoms with Crippen LogP contribution in [0.4, 0.5) is 5.82 Å². The molecule has 1 aliphatic rings. The number of nitrogens with zero attached hydrogens (tertiary/aromatic N) is 4. The van der Waals surface area contributed by atoms with Crippen LogP contribution in [0.2, 0.25) is 0 Å². The molecule has 1 saturated heterocycles. The number of hydrogen-bond acceptors (Lipinski definition) is 5. The molecule has 0 amide bonds. The lowest BCUT2D eigenvalue weighted by Crippen LogP contribution is -2.45. The first-order chi connectivity index (χ1) is 8.24. The maximum Gasteiger partial charge on any atom is 0.148 e. The van der Waals surface area contributed by atoms with Gasteiger partial charge >= 0.3 is 0 Å². The van der Waals surface area contributed by atoms with E-state index < -0.39 is 0 Å². The molecule has 2 heterocycles. The summed E-state index contributed by atoms with van der Waals surface area (Å²) in [4.78, 5) is 4.85. The van der Waals surface area contributed by atoms with E-state index in [1.807, 2.05) is 19.1 Å². The number of aryl methyl sites for hydroxylation is 1. The average molecular weight is 235 g/mol. The molecule has 1 N–H and O–H groups in total. The molecule has 0 saturated carbocycles. The molecule has 1 aromatic heterocycles. The van der Waals surface area contributed by atoms with Gasteiger partial charge in [0.15, 0.2) is 0 Å². The third kappa shape index (κ3) is 3.94. The summed E-state index contributed by atoms with van der Waals surface area (Å²) in [6.07, 6.45) is 0. The van der Waals surface area contributed by atoms with Crippen LogP contribution in [0.1, 0.15) is 5.69 Å². The molecule has 17 heavy (non-hydrogen) atoms. The number of piperazine rings is 1. The van der Waals surface area contributed by atoms with Gasteiger partial charge in [0, 0.05) is 39.3 Å². The van der Waals surface area contributed by atoms with E-state index in [0.29, 0.717) is 0 Å². The second kappa shape index (κ2) is 5.93. The second-order valence-corrected chi connectivity index (χ2v) is 4.63. The average Bonchev–Trinajstić information content (AvgIpc) is 2.34. The largest absolute Gasteiger partial charge is 0.367 e. The fourth-order valence-corrected chi connectivity index (χ4v) is 1.91. The first-order valence-electron chi connectivity index (χ1n) is 6.19. The Morgan fingerprint density at radius 2 is 1.94 bits per heavy atom. The predicted octanol–water partition coefficient (Wildman–Crippen LogP) is 0.444. The number of hydrogen-bond donors (Lipinski definition) is 1. The molecular formula is C12H21N5. The first kappa shape index (κ1) is 12.3. The van der Waals surface area contributed by atoms with E-state index in [-0.39, 0.29) is 0 Å². The Kier molecular flexibility index (Phi) is 4.28. The van der Waals surface area contributed by atoms with Crippen LogP contribution in [0.3, 0.4) is 0 Å². The summed E-state index contributed by atoms with van der Waals surface area (Å²) in [6, 6.07) is 3.96. The van der Waals surface area contributed by atoms with Crippen LogP contribution < -0.4 is 5.32 Å². The topological polar surface area (TPSA) is 44.3 Å². The van der Waals surface area contributed by atoms with Gasteiger partial charge in [0.1, 0.15) is 5.82 Å². The fraction of sp³-hybridized carbons (Fsp3) is 0.667. The van der Waals surface area contributed by atoms with E-state index >= 15 is 0 Å². The maximum absolute atomic E-state index is 4.09. The minimum absolute atomic E-state index is 0.865. The van der Waals surface area contributed by atoms with E-state index in [4.69, 9.17) is 0 Å². The van der Waals surface area contributed by atoms with Gasteiger partial charge < -0.3 is 10.2 Å². The lowest BCUT2D eigenvalue weighted by atomic mass is 10.3.